The predicted octanol–water partition coefficient (Wildman–Crippen LogP) is 3.10. The zero-order valence-corrected chi connectivity index (χ0v) is 13.1. The van der Waals surface area contributed by atoms with Crippen LogP contribution < -0.4 is 0 Å². The Labute approximate surface area is 138 Å². The molecule has 0 atom stereocenters. The average Bonchev–Trinajstić information content (AvgIpc) is 2.52. The third-order valence-corrected chi connectivity index (χ3v) is 3.44. The van der Waals surface area contributed by atoms with Crippen molar-refractivity contribution < 1.29 is 24.4 Å². The van der Waals surface area contributed by atoms with E-state index in [9.17, 15) is 24.8 Å². The zero-order valence-electron chi connectivity index (χ0n) is 11.6. The fourth-order valence-corrected chi connectivity index (χ4v) is 2.00. The van der Waals surface area contributed by atoms with Crippen LogP contribution in [0.4, 0.5) is 5.69 Å². The number of rotatable bonds is 5. The van der Waals surface area contributed by atoms with E-state index in [1.807, 2.05) is 0 Å². The molecule has 0 saturated carbocycles. The highest BCUT2D eigenvalue weighted by Gasteiger charge is 2.17. The number of hydrogen-bond acceptors (Lipinski definition) is 6. The number of halogens is 1. The van der Waals surface area contributed by atoms with Crippen LogP contribution in [-0.2, 0) is 4.74 Å². The standard InChI is InChI=1S/C15H10BrNO6/c16-11-4-1-9(2-5-11)14(19)8-23-15(20)10-3-6-12(17(21)22)13(18)7-10/h1-7,18H,8H2. The van der Waals surface area contributed by atoms with Crippen LogP contribution in [0.25, 0.3) is 0 Å². The minimum absolute atomic E-state index is 0.0864. The molecule has 0 aliphatic heterocycles. The molecule has 1 N–H and O–H groups in total. The summed E-state index contributed by atoms with van der Waals surface area (Å²) in [7, 11) is 0. The number of hydrogen-bond donors (Lipinski definition) is 1. The van der Waals surface area contributed by atoms with Crippen LogP contribution in [0.15, 0.2) is 46.9 Å². The number of aromatic hydroxyl groups is 1. The van der Waals surface area contributed by atoms with Crippen molar-refractivity contribution in [2.45, 2.75) is 0 Å². The fourth-order valence-electron chi connectivity index (χ4n) is 1.74. The average molecular weight is 380 g/mol. The topological polar surface area (TPSA) is 107 Å². The van der Waals surface area contributed by atoms with Crippen LogP contribution in [-0.4, -0.2) is 28.4 Å². The molecular formula is C15H10BrNO6. The molecule has 2 aromatic rings. The summed E-state index contributed by atoms with van der Waals surface area (Å²) < 4.78 is 5.66. The number of nitro groups is 1. The Hall–Kier alpha value is -2.74. The van der Waals surface area contributed by atoms with E-state index in [2.05, 4.69) is 15.9 Å². The first-order chi connectivity index (χ1) is 10.9. The van der Waals surface area contributed by atoms with Gasteiger partial charge in [-0.2, -0.15) is 0 Å². The van der Waals surface area contributed by atoms with Gasteiger partial charge < -0.3 is 9.84 Å². The molecule has 23 heavy (non-hydrogen) atoms. The van der Waals surface area contributed by atoms with E-state index in [1.54, 1.807) is 24.3 Å². The van der Waals surface area contributed by atoms with E-state index in [1.165, 1.54) is 0 Å². The number of benzene rings is 2. The van der Waals surface area contributed by atoms with Crippen molar-refractivity contribution in [3.05, 3.63) is 68.2 Å². The molecule has 2 aromatic carbocycles. The molecule has 0 unspecified atom stereocenters. The normalized spacial score (nSPS) is 10.1. The first-order valence-electron chi connectivity index (χ1n) is 6.32. The largest absolute Gasteiger partial charge is 0.502 e. The number of phenolic OH excluding ortho intramolecular Hbond substituents is 1. The zero-order chi connectivity index (χ0) is 17.0. The third-order valence-electron chi connectivity index (χ3n) is 2.91. The number of nitro benzene ring substituents is 1. The summed E-state index contributed by atoms with van der Waals surface area (Å²) in [5, 5.41) is 20.1. The van der Waals surface area contributed by atoms with E-state index in [-0.39, 0.29) is 5.56 Å². The van der Waals surface area contributed by atoms with Crippen molar-refractivity contribution in [2.24, 2.45) is 0 Å². The van der Waals surface area contributed by atoms with Crippen molar-refractivity contribution >= 4 is 33.4 Å². The lowest BCUT2D eigenvalue weighted by Gasteiger charge is -2.05. The number of nitrogens with zero attached hydrogens (tertiary/aromatic N) is 1. The molecule has 0 heterocycles. The van der Waals surface area contributed by atoms with Gasteiger partial charge in [0, 0.05) is 22.2 Å². The van der Waals surface area contributed by atoms with E-state index in [0.29, 0.717) is 5.56 Å². The van der Waals surface area contributed by atoms with E-state index >= 15 is 0 Å². The summed E-state index contributed by atoms with van der Waals surface area (Å²) in [6.07, 6.45) is 0. The molecule has 0 aliphatic rings. The molecule has 2 rings (SSSR count). The fraction of sp³-hybridized carbons (Fsp3) is 0.0667. The number of phenols is 1. The summed E-state index contributed by atoms with van der Waals surface area (Å²) in [6.45, 7) is -0.474. The molecule has 0 radical (unpaired) electrons. The lowest BCUT2D eigenvalue weighted by molar-refractivity contribution is -0.385. The highest BCUT2D eigenvalue weighted by atomic mass is 79.9. The van der Waals surface area contributed by atoms with Gasteiger partial charge in [-0.05, 0) is 18.2 Å². The Morgan fingerprint density at radius 2 is 1.74 bits per heavy atom. The molecule has 0 spiro atoms. The van der Waals surface area contributed by atoms with Crippen LogP contribution in [0.1, 0.15) is 20.7 Å². The van der Waals surface area contributed by atoms with Crippen LogP contribution in [0.3, 0.4) is 0 Å². The smallest absolute Gasteiger partial charge is 0.338 e. The van der Waals surface area contributed by atoms with Crippen molar-refractivity contribution in [3.8, 4) is 5.75 Å². The van der Waals surface area contributed by atoms with Gasteiger partial charge in [0.1, 0.15) is 0 Å². The maximum absolute atomic E-state index is 11.9. The maximum Gasteiger partial charge on any atom is 0.338 e. The molecular weight excluding hydrogens is 370 g/mol. The van der Waals surface area contributed by atoms with Gasteiger partial charge >= 0.3 is 11.7 Å². The third kappa shape index (κ3) is 4.13. The number of esters is 1. The Morgan fingerprint density at radius 3 is 2.30 bits per heavy atom. The van der Waals surface area contributed by atoms with Crippen LogP contribution in [0.5, 0.6) is 5.75 Å². The highest BCUT2D eigenvalue weighted by Crippen LogP contribution is 2.26. The van der Waals surface area contributed by atoms with Gasteiger partial charge in [-0.3, -0.25) is 14.9 Å². The molecule has 0 amide bonds. The summed E-state index contributed by atoms with van der Waals surface area (Å²) in [5.74, 6) is -1.90. The lowest BCUT2D eigenvalue weighted by atomic mass is 10.1. The number of Topliss-reactive ketones (excluding diaryl/α,β-unsaturated/α-hetero) is 1. The molecule has 0 bridgehead atoms. The Bertz CT molecular complexity index is 772. The molecule has 7 nitrogen and oxygen atoms in total. The molecule has 0 saturated heterocycles. The van der Waals surface area contributed by atoms with Gasteiger partial charge in [0.05, 0.1) is 10.5 Å². The summed E-state index contributed by atoms with van der Waals surface area (Å²) >= 11 is 3.24. The van der Waals surface area contributed by atoms with Gasteiger partial charge in [-0.15, -0.1) is 0 Å². The first kappa shape index (κ1) is 16.6. The molecule has 0 aliphatic carbocycles. The lowest BCUT2D eigenvalue weighted by Crippen LogP contribution is -2.14. The Kier molecular flexibility index (Phi) is 5.07. The monoisotopic (exact) mass is 379 g/mol. The summed E-state index contributed by atoms with van der Waals surface area (Å²) in [6, 6.07) is 9.58. The Morgan fingerprint density at radius 1 is 1.13 bits per heavy atom. The SMILES string of the molecule is O=C(COC(=O)c1ccc([N+](=O)[O-])c(O)c1)c1ccc(Br)cc1. The molecule has 8 heteroatoms. The summed E-state index contributed by atoms with van der Waals surface area (Å²) in [4.78, 5) is 33.5. The highest BCUT2D eigenvalue weighted by molar-refractivity contribution is 9.10. The minimum Gasteiger partial charge on any atom is -0.502 e. The van der Waals surface area contributed by atoms with Gasteiger partial charge in [0.2, 0.25) is 0 Å². The van der Waals surface area contributed by atoms with Gasteiger partial charge in [0.25, 0.3) is 0 Å². The second-order valence-electron chi connectivity index (χ2n) is 4.47. The van der Waals surface area contributed by atoms with E-state index < -0.39 is 34.7 Å². The van der Waals surface area contributed by atoms with Crippen LogP contribution in [0, 0.1) is 10.1 Å². The van der Waals surface area contributed by atoms with Crippen molar-refractivity contribution in [2.75, 3.05) is 6.61 Å². The molecule has 0 fully saturated rings. The molecule has 0 aromatic heterocycles. The summed E-state index contributed by atoms with van der Waals surface area (Å²) in [5.41, 5.74) is -0.225. The minimum atomic E-state index is -0.861. The van der Waals surface area contributed by atoms with E-state index in [0.717, 1.165) is 22.7 Å². The second kappa shape index (κ2) is 7.01. The van der Waals surface area contributed by atoms with Crippen molar-refractivity contribution in [1.82, 2.24) is 0 Å². The van der Waals surface area contributed by atoms with Gasteiger partial charge in [0.15, 0.2) is 18.1 Å². The first-order valence-corrected chi connectivity index (χ1v) is 7.11. The number of ether oxygens (including phenoxy) is 1. The van der Waals surface area contributed by atoms with Crippen molar-refractivity contribution in [1.29, 1.82) is 0 Å². The quantitative estimate of drug-likeness (QED) is 0.370. The Balaban J connectivity index is 2.02. The number of carbonyl (C=O) groups is 2. The van der Waals surface area contributed by atoms with Crippen molar-refractivity contribution in [3.63, 3.8) is 0 Å². The van der Waals surface area contributed by atoms with Crippen LogP contribution >= 0.6 is 15.9 Å². The van der Waals surface area contributed by atoms with E-state index in [4.69, 9.17) is 4.74 Å². The molecule has 118 valence electrons. The maximum atomic E-state index is 11.9. The number of carbonyl (C=O) groups excluding carboxylic acids is 2. The predicted molar refractivity (Wildman–Crippen MR) is 83.5 cm³/mol. The number of ketones is 1. The van der Waals surface area contributed by atoms with Gasteiger partial charge in [-0.25, -0.2) is 4.79 Å². The van der Waals surface area contributed by atoms with Crippen LogP contribution in [0.2, 0.25) is 0 Å². The second-order valence-corrected chi connectivity index (χ2v) is 5.38. The van der Waals surface area contributed by atoms with Gasteiger partial charge in [-0.1, -0.05) is 28.1 Å².